The first-order valence-corrected chi connectivity index (χ1v) is 5.63. The molecule has 0 radical (unpaired) electrons. The molecule has 0 aliphatic carbocycles. The summed E-state index contributed by atoms with van der Waals surface area (Å²) >= 11 is 0. The predicted octanol–water partition coefficient (Wildman–Crippen LogP) is 1.59. The van der Waals surface area contributed by atoms with E-state index in [1.54, 1.807) is 12.4 Å². The van der Waals surface area contributed by atoms with Crippen molar-refractivity contribution < 1.29 is 4.79 Å². The smallest absolute Gasteiger partial charge is 0.229 e. The van der Waals surface area contributed by atoms with Gasteiger partial charge in [0.2, 0.25) is 5.91 Å². The molecular weight excluding hydrogens is 273 g/mol. The Morgan fingerprint density at radius 3 is 2.78 bits per heavy atom. The lowest BCUT2D eigenvalue weighted by Gasteiger charge is -2.20. The number of nitrogens with zero attached hydrogens (tertiary/aromatic N) is 2. The summed E-state index contributed by atoms with van der Waals surface area (Å²) in [6.45, 7) is 3.39. The van der Waals surface area contributed by atoms with Crippen molar-refractivity contribution in [1.82, 2.24) is 9.88 Å². The highest BCUT2D eigenvalue weighted by atomic mass is 35.5. The molecule has 1 aromatic rings. The summed E-state index contributed by atoms with van der Waals surface area (Å²) < 4.78 is 0. The second kappa shape index (κ2) is 7.56. The molecule has 0 spiro atoms. The molecule has 1 saturated heterocycles. The Bertz CT molecular complexity index is 375. The van der Waals surface area contributed by atoms with Gasteiger partial charge in [-0.2, -0.15) is 0 Å². The van der Waals surface area contributed by atoms with Gasteiger partial charge in [-0.1, -0.05) is 6.07 Å². The standard InChI is InChI=1S/C12H17N3O.2ClH/c1-9(10-3-2-5-14-7-10)12(16)15-6-4-11(13)8-15;;/h2-3,5,7,9,11H,4,6,8,13H2,1H3;2*1H/t9?,11-;;/m1../s1. The van der Waals surface area contributed by atoms with Crippen LogP contribution in [0, 0.1) is 0 Å². The molecule has 1 unspecified atom stereocenters. The van der Waals surface area contributed by atoms with Gasteiger partial charge in [0.25, 0.3) is 0 Å². The van der Waals surface area contributed by atoms with Gasteiger partial charge in [0.15, 0.2) is 0 Å². The van der Waals surface area contributed by atoms with Crippen LogP contribution in [-0.2, 0) is 4.79 Å². The number of hydrogen-bond acceptors (Lipinski definition) is 3. The van der Waals surface area contributed by atoms with Crippen molar-refractivity contribution in [3.05, 3.63) is 30.1 Å². The molecule has 1 amide bonds. The van der Waals surface area contributed by atoms with E-state index in [-0.39, 0.29) is 42.7 Å². The van der Waals surface area contributed by atoms with Crippen LogP contribution in [-0.4, -0.2) is 34.9 Å². The maximum atomic E-state index is 12.1. The lowest BCUT2D eigenvalue weighted by atomic mass is 10.0. The predicted molar refractivity (Wildman–Crippen MR) is 76.3 cm³/mol. The first kappa shape index (κ1) is 17.2. The maximum absolute atomic E-state index is 12.1. The van der Waals surface area contributed by atoms with Crippen LogP contribution in [0.2, 0.25) is 0 Å². The SMILES string of the molecule is CC(C(=O)N1CC[C@@H](N)C1)c1cccnc1.Cl.Cl. The van der Waals surface area contributed by atoms with E-state index in [1.165, 1.54) is 0 Å². The number of carbonyl (C=O) groups is 1. The molecule has 0 bridgehead atoms. The minimum Gasteiger partial charge on any atom is -0.341 e. The minimum absolute atomic E-state index is 0. The highest BCUT2D eigenvalue weighted by Crippen LogP contribution is 2.19. The topological polar surface area (TPSA) is 59.2 Å². The van der Waals surface area contributed by atoms with Crippen molar-refractivity contribution in [3.8, 4) is 0 Å². The molecule has 2 atom stereocenters. The lowest BCUT2D eigenvalue weighted by Crippen LogP contribution is -2.34. The maximum Gasteiger partial charge on any atom is 0.229 e. The van der Waals surface area contributed by atoms with Crippen LogP contribution in [0.4, 0.5) is 0 Å². The molecule has 0 aromatic carbocycles. The Hall–Kier alpha value is -0.840. The number of aromatic nitrogens is 1. The van der Waals surface area contributed by atoms with E-state index in [0.717, 1.165) is 18.5 Å². The molecule has 2 N–H and O–H groups in total. The summed E-state index contributed by atoms with van der Waals surface area (Å²) in [6, 6.07) is 3.94. The third kappa shape index (κ3) is 3.83. The molecule has 4 nitrogen and oxygen atoms in total. The Balaban J connectivity index is 0.00000144. The molecular formula is C12H19Cl2N3O. The summed E-state index contributed by atoms with van der Waals surface area (Å²) in [7, 11) is 0. The molecule has 2 rings (SSSR count). The van der Waals surface area contributed by atoms with Gasteiger partial charge in [-0.15, -0.1) is 24.8 Å². The summed E-state index contributed by atoms with van der Waals surface area (Å²) in [5.41, 5.74) is 6.76. The van der Waals surface area contributed by atoms with Gasteiger partial charge in [0, 0.05) is 31.5 Å². The van der Waals surface area contributed by atoms with Crippen LogP contribution in [0.15, 0.2) is 24.5 Å². The van der Waals surface area contributed by atoms with E-state index < -0.39 is 0 Å². The third-order valence-corrected chi connectivity index (χ3v) is 3.09. The van der Waals surface area contributed by atoms with E-state index in [4.69, 9.17) is 5.73 Å². The van der Waals surface area contributed by atoms with Crippen molar-refractivity contribution in [1.29, 1.82) is 0 Å². The lowest BCUT2D eigenvalue weighted by molar-refractivity contribution is -0.131. The van der Waals surface area contributed by atoms with Gasteiger partial charge in [-0.05, 0) is 25.0 Å². The normalized spacial score (nSPS) is 19.7. The fourth-order valence-electron chi connectivity index (χ4n) is 2.04. The van der Waals surface area contributed by atoms with E-state index in [2.05, 4.69) is 4.98 Å². The van der Waals surface area contributed by atoms with Crippen LogP contribution < -0.4 is 5.73 Å². The highest BCUT2D eigenvalue weighted by molar-refractivity contribution is 5.85. The Morgan fingerprint density at radius 1 is 1.56 bits per heavy atom. The summed E-state index contributed by atoms with van der Waals surface area (Å²) in [6.07, 6.45) is 4.37. The number of halogens is 2. The average Bonchev–Trinajstić information content (AvgIpc) is 2.75. The van der Waals surface area contributed by atoms with Gasteiger partial charge >= 0.3 is 0 Å². The summed E-state index contributed by atoms with van der Waals surface area (Å²) in [5, 5.41) is 0. The van der Waals surface area contributed by atoms with E-state index in [0.29, 0.717) is 6.54 Å². The van der Waals surface area contributed by atoms with Gasteiger partial charge < -0.3 is 10.6 Å². The van der Waals surface area contributed by atoms with Gasteiger partial charge in [0.1, 0.15) is 0 Å². The van der Waals surface area contributed by atoms with E-state index in [1.807, 2.05) is 24.0 Å². The van der Waals surface area contributed by atoms with Crippen molar-refractivity contribution in [2.24, 2.45) is 5.73 Å². The van der Waals surface area contributed by atoms with Crippen LogP contribution >= 0.6 is 24.8 Å². The minimum atomic E-state index is -0.126. The molecule has 1 aliphatic rings. The quantitative estimate of drug-likeness (QED) is 0.900. The van der Waals surface area contributed by atoms with E-state index in [9.17, 15) is 4.79 Å². The number of likely N-dealkylation sites (tertiary alicyclic amines) is 1. The number of carbonyl (C=O) groups excluding carboxylic acids is 1. The second-order valence-corrected chi connectivity index (χ2v) is 4.34. The fourth-order valence-corrected chi connectivity index (χ4v) is 2.04. The average molecular weight is 292 g/mol. The fraction of sp³-hybridized carbons (Fsp3) is 0.500. The molecule has 1 aromatic heterocycles. The summed E-state index contributed by atoms with van der Waals surface area (Å²) in [4.78, 5) is 18.0. The van der Waals surface area contributed by atoms with Gasteiger partial charge in [0.05, 0.1) is 5.92 Å². The zero-order valence-corrected chi connectivity index (χ0v) is 11.9. The molecule has 1 aliphatic heterocycles. The van der Waals surface area contributed by atoms with Gasteiger partial charge in [-0.3, -0.25) is 9.78 Å². The Labute approximate surface area is 120 Å². The number of hydrogen-bond donors (Lipinski definition) is 1. The van der Waals surface area contributed by atoms with Crippen LogP contribution in [0.1, 0.15) is 24.8 Å². The molecule has 18 heavy (non-hydrogen) atoms. The van der Waals surface area contributed by atoms with Crippen LogP contribution in [0.5, 0.6) is 0 Å². The number of pyridine rings is 1. The monoisotopic (exact) mass is 291 g/mol. The van der Waals surface area contributed by atoms with Crippen molar-refractivity contribution >= 4 is 30.7 Å². The molecule has 2 heterocycles. The molecule has 102 valence electrons. The third-order valence-electron chi connectivity index (χ3n) is 3.09. The molecule has 6 heteroatoms. The molecule has 0 saturated carbocycles. The largest absolute Gasteiger partial charge is 0.341 e. The Kier molecular flexibility index (Phi) is 7.21. The zero-order chi connectivity index (χ0) is 11.5. The van der Waals surface area contributed by atoms with Crippen LogP contribution in [0.3, 0.4) is 0 Å². The van der Waals surface area contributed by atoms with Crippen LogP contribution in [0.25, 0.3) is 0 Å². The van der Waals surface area contributed by atoms with E-state index >= 15 is 0 Å². The summed E-state index contributed by atoms with van der Waals surface area (Å²) in [5.74, 6) is 0.0277. The molecule has 1 fully saturated rings. The zero-order valence-electron chi connectivity index (χ0n) is 10.3. The Morgan fingerprint density at radius 2 is 2.28 bits per heavy atom. The number of amides is 1. The highest BCUT2D eigenvalue weighted by Gasteiger charge is 2.27. The van der Waals surface area contributed by atoms with Crippen molar-refractivity contribution in [2.75, 3.05) is 13.1 Å². The van der Waals surface area contributed by atoms with Gasteiger partial charge in [-0.25, -0.2) is 0 Å². The van der Waals surface area contributed by atoms with Crippen molar-refractivity contribution in [3.63, 3.8) is 0 Å². The first-order chi connectivity index (χ1) is 7.68. The number of rotatable bonds is 2. The first-order valence-electron chi connectivity index (χ1n) is 5.63. The van der Waals surface area contributed by atoms with Crippen molar-refractivity contribution in [2.45, 2.75) is 25.3 Å². The number of nitrogens with two attached hydrogens (primary N) is 1. The second-order valence-electron chi connectivity index (χ2n) is 4.34.